The molecule has 1 fully saturated rings. The summed E-state index contributed by atoms with van der Waals surface area (Å²) in [5.41, 5.74) is -2.52. The molecule has 7 nitrogen and oxygen atoms in total. The van der Waals surface area contributed by atoms with Crippen LogP contribution in [0, 0.1) is 17.3 Å². The average Bonchev–Trinajstić information content (AvgIpc) is 3.16. The second-order valence-corrected chi connectivity index (χ2v) is 7.34. The molecule has 2 unspecified atom stereocenters. The lowest BCUT2D eigenvalue weighted by molar-refractivity contribution is -0.162. The molecule has 0 aliphatic heterocycles. The highest BCUT2D eigenvalue weighted by Crippen LogP contribution is 2.76. The van der Waals surface area contributed by atoms with Gasteiger partial charge in [-0.25, -0.2) is 0 Å². The van der Waals surface area contributed by atoms with Gasteiger partial charge in [-0.2, -0.15) is 0 Å². The van der Waals surface area contributed by atoms with Gasteiger partial charge in [0, 0.05) is 20.1 Å². The third-order valence-electron chi connectivity index (χ3n) is 3.84. The van der Waals surface area contributed by atoms with Crippen LogP contribution in [-0.4, -0.2) is 46.0 Å². The van der Waals surface area contributed by atoms with E-state index >= 15 is 0 Å². The average molecular weight is 308 g/mol. The van der Waals surface area contributed by atoms with Crippen molar-refractivity contribution in [1.82, 2.24) is 0 Å². The fourth-order valence-corrected chi connectivity index (χ4v) is 5.34. The van der Waals surface area contributed by atoms with Crippen LogP contribution in [0.2, 0.25) is 0 Å². The second-order valence-electron chi connectivity index (χ2n) is 4.97. The predicted octanol–water partition coefficient (Wildman–Crippen LogP) is 1.46. The summed E-state index contributed by atoms with van der Waals surface area (Å²) in [7, 11) is 1.18. The van der Waals surface area contributed by atoms with Crippen molar-refractivity contribution in [3.05, 3.63) is 0 Å². The lowest BCUT2D eigenvalue weighted by Gasteiger charge is -2.17. The molecule has 1 aliphatic carbocycles. The van der Waals surface area contributed by atoms with E-state index in [2.05, 4.69) is 0 Å². The van der Waals surface area contributed by atoms with Crippen LogP contribution in [0.3, 0.4) is 0 Å². The summed E-state index contributed by atoms with van der Waals surface area (Å²) in [6.45, 7) is 3.64. The summed E-state index contributed by atoms with van der Waals surface area (Å²) in [5.74, 6) is -2.17. The topological polar surface area (TPSA) is 88.1 Å². The van der Waals surface area contributed by atoms with Crippen molar-refractivity contribution < 1.29 is 32.7 Å². The monoisotopic (exact) mass is 308 g/mol. The summed E-state index contributed by atoms with van der Waals surface area (Å²) in [5, 5.41) is 0. The highest BCUT2D eigenvalue weighted by atomic mass is 31.2. The summed E-state index contributed by atoms with van der Waals surface area (Å²) >= 11 is 0. The van der Waals surface area contributed by atoms with E-state index < -0.39 is 36.5 Å². The Kier molecular flexibility index (Phi) is 5.00. The van der Waals surface area contributed by atoms with Gasteiger partial charge in [-0.3, -0.25) is 14.2 Å². The lowest BCUT2D eigenvalue weighted by atomic mass is 9.97. The van der Waals surface area contributed by atoms with Gasteiger partial charge in [0.1, 0.15) is 0 Å². The first kappa shape index (κ1) is 17.1. The third kappa shape index (κ3) is 2.18. The van der Waals surface area contributed by atoms with Gasteiger partial charge in [0.2, 0.25) is 0 Å². The van der Waals surface area contributed by atoms with Gasteiger partial charge in [0.15, 0.2) is 5.41 Å². The quantitative estimate of drug-likeness (QED) is 0.417. The Morgan fingerprint density at radius 2 is 1.40 bits per heavy atom. The number of hydrogen-bond acceptors (Lipinski definition) is 7. The largest absolute Gasteiger partial charge is 0.468 e. The molecule has 2 atom stereocenters. The molecule has 0 aromatic heterocycles. The fraction of sp³-hybridized carbons (Fsp3) is 0.833. The number of rotatable bonds is 6. The Morgan fingerprint density at radius 1 is 1.00 bits per heavy atom. The van der Waals surface area contributed by atoms with E-state index in [9.17, 15) is 14.2 Å². The molecule has 116 valence electrons. The Morgan fingerprint density at radius 3 is 1.65 bits per heavy atom. The van der Waals surface area contributed by atoms with Crippen LogP contribution in [0.25, 0.3) is 0 Å². The van der Waals surface area contributed by atoms with Crippen LogP contribution in [0.15, 0.2) is 0 Å². The normalized spacial score (nSPS) is 24.4. The van der Waals surface area contributed by atoms with E-state index in [4.69, 9.17) is 18.5 Å². The molecule has 0 aromatic rings. The van der Waals surface area contributed by atoms with Crippen molar-refractivity contribution in [1.29, 1.82) is 0 Å². The van der Waals surface area contributed by atoms with Gasteiger partial charge < -0.3 is 18.5 Å². The molecule has 0 aromatic carbocycles. The number of methoxy groups -OCH3 is 2. The zero-order chi connectivity index (χ0) is 15.7. The minimum Gasteiger partial charge on any atom is -0.468 e. The molecule has 0 bridgehead atoms. The number of ether oxygens (including phenoxy) is 2. The second kappa shape index (κ2) is 5.84. The van der Waals surface area contributed by atoms with Gasteiger partial charge in [0.25, 0.3) is 0 Å². The first-order valence-electron chi connectivity index (χ1n) is 6.15. The molecule has 0 spiro atoms. The Balaban J connectivity index is 3.39. The maximum atomic E-state index is 12.6. The summed E-state index contributed by atoms with van der Waals surface area (Å²) in [4.78, 5) is 24.3. The van der Waals surface area contributed by atoms with Gasteiger partial charge in [-0.15, -0.1) is 0 Å². The molecule has 1 rings (SSSR count). The predicted molar refractivity (Wildman–Crippen MR) is 70.2 cm³/mol. The minimum absolute atomic E-state index is 0.100. The van der Waals surface area contributed by atoms with Crippen molar-refractivity contribution in [2.75, 3.05) is 28.4 Å². The molecule has 8 heteroatoms. The van der Waals surface area contributed by atoms with Crippen molar-refractivity contribution in [3.63, 3.8) is 0 Å². The number of carbonyl (C=O) groups excluding carboxylic acids is 2. The van der Waals surface area contributed by atoms with E-state index in [0.717, 1.165) is 0 Å². The fourth-order valence-electron chi connectivity index (χ4n) is 2.97. The Hall–Kier alpha value is -0.910. The van der Waals surface area contributed by atoms with Crippen LogP contribution in [-0.2, 0) is 32.7 Å². The van der Waals surface area contributed by atoms with Crippen LogP contribution in [0.1, 0.15) is 13.8 Å². The van der Waals surface area contributed by atoms with Crippen molar-refractivity contribution in [3.8, 4) is 0 Å². The highest BCUT2D eigenvalue weighted by molar-refractivity contribution is 7.55. The number of hydrogen-bond donors (Lipinski definition) is 0. The highest BCUT2D eigenvalue weighted by Gasteiger charge is 2.83. The van der Waals surface area contributed by atoms with E-state index in [1.54, 1.807) is 0 Å². The zero-order valence-electron chi connectivity index (χ0n) is 12.5. The minimum atomic E-state index is -3.61. The molecular weight excluding hydrogens is 287 g/mol. The van der Waals surface area contributed by atoms with E-state index in [1.165, 1.54) is 28.4 Å². The Labute approximate surface area is 118 Å². The van der Waals surface area contributed by atoms with E-state index in [-0.39, 0.29) is 5.92 Å². The molecular formula is C12H21O7P. The Bertz CT molecular complexity index is 421. The molecule has 0 heterocycles. The molecule has 0 amide bonds. The smallest absolute Gasteiger partial charge is 0.335 e. The van der Waals surface area contributed by atoms with Crippen LogP contribution < -0.4 is 0 Å². The van der Waals surface area contributed by atoms with Crippen LogP contribution in [0.4, 0.5) is 0 Å². The van der Waals surface area contributed by atoms with Gasteiger partial charge in [-0.1, -0.05) is 13.8 Å². The molecule has 1 aliphatic rings. The van der Waals surface area contributed by atoms with E-state index in [1.807, 2.05) is 13.8 Å². The summed E-state index contributed by atoms with van der Waals surface area (Å²) < 4.78 is 32.0. The lowest BCUT2D eigenvalue weighted by Crippen LogP contribution is -2.33. The standard InChI is InChI=1S/C12H21O7P/c1-7(2)8-9(20(15,18-5)19-6)12(8,10(13)16-3)11(14)17-4/h7-9H,1-6H3. The molecule has 0 N–H and O–H groups in total. The maximum absolute atomic E-state index is 12.6. The van der Waals surface area contributed by atoms with Crippen LogP contribution >= 0.6 is 7.60 Å². The molecule has 0 radical (unpaired) electrons. The molecule has 0 saturated heterocycles. The van der Waals surface area contributed by atoms with Crippen molar-refractivity contribution in [2.24, 2.45) is 17.3 Å². The molecule has 20 heavy (non-hydrogen) atoms. The summed E-state index contributed by atoms with van der Waals surface area (Å²) in [6.07, 6.45) is 0. The first-order chi connectivity index (χ1) is 9.27. The third-order valence-corrected chi connectivity index (χ3v) is 6.27. The van der Waals surface area contributed by atoms with Gasteiger partial charge in [0.05, 0.1) is 19.9 Å². The van der Waals surface area contributed by atoms with Crippen LogP contribution in [0.5, 0.6) is 0 Å². The summed E-state index contributed by atoms with van der Waals surface area (Å²) in [6, 6.07) is 0. The molecule has 1 saturated carbocycles. The van der Waals surface area contributed by atoms with Gasteiger partial charge in [-0.05, 0) is 5.92 Å². The SMILES string of the molecule is COC(=O)C1(C(=O)OC)C(C(C)C)C1P(=O)(OC)OC. The number of carbonyl (C=O) groups is 2. The zero-order valence-corrected chi connectivity index (χ0v) is 13.4. The van der Waals surface area contributed by atoms with Crippen molar-refractivity contribution in [2.45, 2.75) is 19.5 Å². The van der Waals surface area contributed by atoms with Gasteiger partial charge >= 0.3 is 19.5 Å². The maximum Gasteiger partial charge on any atom is 0.335 e. The first-order valence-corrected chi connectivity index (χ1v) is 7.77. The van der Waals surface area contributed by atoms with Crippen molar-refractivity contribution >= 4 is 19.5 Å². The number of esters is 2. The van der Waals surface area contributed by atoms with E-state index in [0.29, 0.717) is 0 Å².